The predicted molar refractivity (Wildman–Crippen MR) is 114 cm³/mol. The van der Waals surface area contributed by atoms with E-state index in [-0.39, 0.29) is 36.3 Å². The van der Waals surface area contributed by atoms with E-state index in [1.165, 1.54) is 5.56 Å². The van der Waals surface area contributed by atoms with Gasteiger partial charge in [0.05, 0.1) is 11.1 Å². The summed E-state index contributed by atoms with van der Waals surface area (Å²) in [5, 5.41) is 0. The molecule has 2 heterocycles. The van der Waals surface area contributed by atoms with E-state index in [4.69, 9.17) is 0 Å². The van der Waals surface area contributed by atoms with Crippen LogP contribution >= 0.6 is 0 Å². The largest absolute Gasteiger partial charge is 0.337 e. The SMILES string of the molecule is CCN(C(=O)CN1C(=O)c2ccccc2C1=O)C1CCN(C(C)c2ccccc2)C1. The zero-order chi connectivity index (χ0) is 21.3. The highest BCUT2D eigenvalue weighted by Crippen LogP contribution is 2.27. The zero-order valence-electron chi connectivity index (χ0n) is 17.5. The highest BCUT2D eigenvalue weighted by Gasteiger charge is 2.39. The van der Waals surface area contributed by atoms with Gasteiger partial charge >= 0.3 is 0 Å². The van der Waals surface area contributed by atoms with E-state index >= 15 is 0 Å². The third-order valence-electron chi connectivity index (χ3n) is 6.30. The Morgan fingerprint density at radius 2 is 1.63 bits per heavy atom. The van der Waals surface area contributed by atoms with E-state index in [1.807, 2.05) is 30.0 Å². The molecule has 0 N–H and O–H groups in total. The van der Waals surface area contributed by atoms with E-state index in [9.17, 15) is 14.4 Å². The van der Waals surface area contributed by atoms with Crippen molar-refractivity contribution in [2.45, 2.75) is 32.4 Å². The molecule has 1 fully saturated rings. The molecule has 0 bridgehead atoms. The van der Waals surface area contributed by atoms with Crippen LogP contribution in [0.4, 0.5) is 0 Å². The number of amides is 3. The van der Waals surface area contributed by atoms with Gasteiger partial charge in [-0.15, -0.1) is 0 Å². The summed E-state index contributed by atoms with van der Waals surface area (Å²) in [7, 11) is 0. The minimum Gasteiger partial charge on any atom is -0.337 e. The number of carbonyl (C=O) groups is 3. The van der Waals surface area contributed by atoms with Crippen LogP contribution in [0.15, 0.2) is 54.6 Å². The molecule has 0 aliphatic carbocycles. The molecule has 0 saturated carbocycles. The van der Waals surface area contributed by atoms with Crippen LogP contribution in [-0.4, -0.2) is 64.6 Å². The summed E-state index contributed by atoms with van der Waals surface area (Å²) in [6, 6.07) is 17.5. The van der Waals surface area contributed by atoms with Gasteiger partial charge in [-0.1, -0.05) is 42.5 Å². The maximum Gasteiger partial charge on any atom is 0.262 e. The van der Waals surface area contributed by atoms with Crippen molar-refractivity contribution in [1.82, 2.24) is 14.7 Å². The number of nitrogens with zero attached hydrogens (tertiary/aromatic N) is 3. The fraction of sp³-hybridized carbons (Fsp3) is 0.375. The molecule has 4 rings (SSSR count). The Bertz CT molecular complexity index is 924. The third-order valence-corrected chi connectivity index (χ3v) is 6.30. The third kappa shape index (κ3) is 3.63. The summed E-state index contributed by atoms with van der Waals surface area (Å²) < 4.78 is 0. The first kappa shape index (κ1) is 20.3. The highest BCUT2D eigenvalue weighted by atomic mass is 16.2. The van der Waals surface area contributed by atoms with Crippen LogP contribution in [0.3, 0.4) is 0 Å². The standard InChI is InChI=1S/C24H27N3O3/c1-3-26(19-13-14-25(15-19)17(2)18-9-5-4-6-10-18)22(28)16-27-23(29)20-11-7-8-12-21(20)24(27)30/h4-12,17,19H,3,13-16H2,1-2H3. The van der Waals surface area contributed by atoms with Crippen molar-refractivity contribution >= 4 is 17.7 Å². The second-order valence-electron chi connectivity index (χ2n) is 7.95. The number of hydrogen-bond donors (Lipinski definition) is 0. The smallest absolute Gasteiger partial charge is 0.262 e. The first-order valence-corrected chi connectivity index (χ1v) is 10.5. The molecule has 0 radical (unpaired) electrons. The molecule has 2 aromatic rings. The number of rotatable bonds is 6. The van der Waals surface area contributed by atoms with Gasteiger partial charge in [0.15, 0.2) is 0 Å². The van der Waals surface area contributed by atoms with Gasteiger partial charge in [0.2, 0.25) is 5.91 Å². The fourth-order valence-corrected chi connectivity index (χ4v) is 4.56. The Morgan fingerprint density at radius 3 is 2.23 bits per heavy atom. The molecule has 2 aliphatic rings. The van der Waals surface area contributed by atoms with Crippen LogP contribution in [0.2, 0.25) is 0 Å². The fourth-order valence-electron chi connectivity index (χ4n) is 4.56. The van der Waals surface area contributed by atoms with Crippen molar-refractivity contribution in [2.24, 2.45) is 0 Å². The summed E-state index contributed by atoms with van der Waals surface area (Å²) in [5.74, 6) is -0.942. The molecule has 1 saturated heterocycles. The maximum atomic E-state index is 13.1. The molecule has 2 aliphatic heterocycles. The predicted octanol–water partition coefficient (Wildman–Crippen LogP) is 2.97. The second kappa shape index (κ2) is 8.40. The number of hydrogen-bond acceptors (Lipinski definition) is 4. The van der Waals surface area contributed by atoms with E-state index in [1.54, 1.807) is 24.3 Å². The molecular weight excluding hydrogens is 378 g/mol. The Labute approximate surface area is 177 Å². The lowest BCUT2D eigenvalue weighted by molar-refractivity contribution is -0.133. The summed E-state index contributed by atoms with van der Waals surface area (Å²) >= 11 is 0. The van der Waals surface area contributed by atoms with Crippen molar-refractivity contribution in [2.75, 3.05) is 26.2 Å². The molecular formula is C24H27N3O3. The normalized spacial score (nSPS) is 19.8. The number of benzene rings is 2. The summed E-state index contributed by atoms with van der Waals surface area (Å²) in [5.41, 5.74) is 2.02. The monoisotopic (exact) mass is 405 g/mol. The van der Waals surface area contributed by atoms with Crippen molar-refractivity contribution in [3.05, 3.63) is 71.3 Å². The molecule has 156 valence electrons. The molecule has 6 nitrogen and oxygen atoms in total. The van der Waals surface area contributed by atoms with E-state index in [2.05, 4.69) is 24.0 Å². The van der Waals surface area contributed by atoms with Crippen LogP contribution in [0, 0.1) is 0 Å². The van der Waals surface area contributed by atoms with Crippen molar-refractivity contribution in [3.8, 4) is 0 Å². The summed E-state index contributed by atoms with van der Waals surface area (Å²) in [6.07, 6.45) is 0.888. The molecule has 2 aromatic carbocycles. The number of carbonyl (C=O) groups excluding carboxylic acids is 3. The lowest BCUT2D eigenvalue weighted by atomic mass is 10.1. The van der Waals surface area contributed by atoms with Crippen LogP contribution < -0.4 is 0 Å². The van der Waals surface area contributed by atoms with Gasteiger partial charge in [-0.25, -0.2) is 0 Å². The van der Waals surface area contributed by atoms with Gasteiger partial charge in [-0.2, -0.15) is 0 Å². The van der Waals surface area contributed by atoms with Crippen LogP contribution in [-0.2, 0) is 4.79 Å². The maximum absolute atomic E-state index is 13.1. The van der Waals surface area contributed by atoms with Gasteiger partial charge in [0.25, 0.3) is 11.8 Å². The Kier molecular flexibility index (Phi) is 5.68. The van der Waals surface area contributed by atoms with Crippen LogP contribution in [0.25, 0.3) is 0 Å². The zero-order valence-corrected chi connectivity index (χ0v) is 17.5. The number of likely N-dealkylation sites (N-methyl/N-ethyl adjacent to an activating group) is 1. The highest BCUT2D eigenvalue weighted by molar-refractivity contribution is 6.22. The van der Waals surface area contributed by atoms with Crippen molar-refractivity contribution in [3.63, 3.8) is 0 Å². The number of imide groups is 1. The average Bonchev–Trinajstić information content (AvgIpc) is 3.34. The Morgan fingerprint density at radius 1 is 1.03 bits per heavy atom. The van der Waals surface area contributed by atoms with Crippen molar-refractivity contribution in [1.29, 1.82) is 0 Å². The van der Waals surface area contributed by atoms with Gasteiger partial charge in [0, 0.05) is 31.7 Å². The molecule has 2 unspecified atom stereocenters. The lowest BCUT2D eigenvalue weighted by Gasteiger charge is -2.30. The minimum atomic E-state index is -0.384. The van der Waals surface area contributed by atoms with Gasteiger partial charge < -0.3 is 4.90 Å². The first-order chi connectivity index (χ1) is 14.5. The quantitative estimate of drug-likeness (QED) is 0.694. The minimum absolute atomic E-state index is 0.0869. The number of likely N-dealkylation sites (tertiary alicyclic amines) is 1. The van der Waals surface area contributed by atoms with E-state index < -0.39 is 0 Å². The molecule has 6 heteroatoms. The van der Waals surface area contributed by atoms with Crippen LogP contribution in [0.1, 0.15) is 52.6 Å². The van der Waals surface area contributed by atoms with E-state index in [0.29, 0.717) is 17.7 Å². The molecule has 0 spiro atoms. The van der Waals surface area contributed by atoms with Gasteiger partial charge in [0.1, 0.15) is 6.54 Å². The first-order valence-electron chi connectivity index (χ1n) is 10.5. The van der Waals surface area contributed by atoms with Crippen LogP contribution in [0.5, 0.6) is 0 Å². The molecule has 3 amide bonds. The average molecular weight is 405 g/mol. The Hall–Kier alpha value is -2.99. The lowest BCUT2D eigenvalue weighted by Crippen LogP contribution is -2.48. The molecule has 2 atom stereocenters. The Balaban J connectivity index is 1.42. The summed E-state index contributed by atoms with van der Waals surface area (Å²) in [4.78, 5) is 43.6. The van der Waals surface area contributed by atoms with Crippen molar-refractivity contribution < 1.29 is 14.4 Å². The van der Waals surface area contributed by atoms with Gasteiger partial charge in [-0.05, 0) is 38.0 Å². The number of fused-ring (bicyclic) bond motifs is 1. The summed E-state index contributed by atoms with van der Waals surface area (Å²) in [6.45, 7) is 6.19. The van der Waals surface area contributed by atoms with Gasteiger partial charge in [-0.3, -0.25) is 24.2 Å². The molecule has 30 heavy (non-hydrogen) atoms. The molecule has 0 aromatic heterocycles. The topological polar surface area (TPSA) is 60.9 Å². The van der Waals surface area contributed by atoms with E-state index in [0.717, 1.165) is 24.4 Å². The second-order valence-corrected chi connectivity index (χ2v) is 7.95.